The maximum Gasteiger partial charge on any atom is 0.264 e. The van der Waals surface area contributed by atoms with Gasteiger partial charge in [-0.15, -0.1) is 0 Å². The number of sulfonamides is 1. The second-order valence-electron chi connectivity index (χ2n) is 6.77. The number of anilines is 1. The number of carbonyl (C=O) groups is 1. The summed E-state index contributed by atoms with van der Waals surface area (Å²) in [5, 5.41) is 0. The van der Waals surface area contributed by atoms with Crippen LogP contribution in [0.15, 0.2) is 59.5 Å². The molecular formula is C21H26N2O4S. The average Bonchev–Trinajstić information content (AvgIpc) is 3.24. The topological polar surface area (TPSA) is 66.9 Å². The van der Waals surface area contributed by atoms with Crippen LogP contribution in [-0.4, -0.2) is 45.0 Å². The Morgan fingerprint density at radius 1 is 1.07 bits per heavy atom. The lowest BCUT2D eigenvalue weighted by molar-refractivity contribution is -0.136. The van der Waals surface area contributed by atoms with Crippen molar-refractivity contribution in [3.05, 3.63) is 54.6 Å². The molecule has 0 bridgehead atoms. The first-order chi connectivity index (χ1) is 13.4. The fraction of sp³-hybridized carbons (Fsp3) is 0.381. The summed E-state index contributed by atoms with van der Waals surface area (Å²) in [6.07, 6.45) is 1.46. The monoisotopic (exact) mass is 402 g/mol. The van der Waals surface area contributed by atoms with Gasteiger partial charge in [0.25, 0.3) is 15.9 Å². The lowest BCUT2D eigenvalue weighted by Gasteiger charge is -2.23. The van der Waals surface area contributed by atoms with Gasteiger partial charge in [-0.3, -0.25) is 9.10 Å². The van der Waals surface area contributed by atoms with Crippen LogP contribution in [0.1, 0.15) is 26.7 Å². The van der Waals surface area contributed by atoms with Crippen molar-refractivity contribution in [1.82, 2.24) is 4.90 Å². The maximum atomic E-state index is 13.0. The summed E-state index contributed by atoms with van der Waals surface area (Å²) in [6, 6.07) is 15.2. The standard InChI is InChI=1S/C21H26N2O4S/c1-3-23(18-9-5-4-6-10-18)28(25,26)20-13-11-19(12-14-20)27-17(2)21(24)22-15-7-8-16-22/h4-6,9-14,17H,3,7-8,15-16H2,1-2H3/t17-/m0/s1. The van der Waals surface area contributed by atoms with Crippen molar-refractivity contribution in [2.45, 2.75) is 37.7 Å². The van der Waals surface area contributed by atoms with Crippen LogP contribution in [0.5, 0.6) is 5.75 Å². The van der Waals surface area contributed by atoms with Gasteiger partial charge in [-0.1, -0.05) is 18.2 Å². The molecule has 0 unspecified atom stereocenters. The van der Waals surface area contributed by atoms with Gasteiger partial charge in [-0.2, -0.15) is 0 Å². The summed E-state index contributed by atoms with van der Waals surface area (Å²) in [4.78, 5) is 14.4. The third-order valence-electron chi connectivity index (χ3n) is 4.82. The molecule has 1 aliphatic rings. The van der Waals surface area contributed by atoms with Gasteiger partial charge in [-0.05, 0) is 63.1 Å². The summed E-state index contributed by atoms with van der Waals surface area (Å²) >= 11 is 0. The first-order valence-corrected chi connectivity index (χ1v) is 11.0. The van der Waals surface area contributed by atoms with E-state index in [1.165, 1.54) is 16.4 Å². The van der Waals surface area contributed by atoms with Crippen LogP contribution in [0.25, 0.3) is 0 Å². The molecule has 0 aromatic heterocycles. The minimum atomic E-state index is -3.68. The molecule has 2 aromatic rings. The summed E-state index contributed by atoms with van der Waals surface area (Å²) in [7, 11) is -3.68. The highest BCUT2D eigenvalue weighted by molar-refractivity contribution is 7.92. The fourth-order valence-electron chi connectivity index (χ4n) is 3.35. The molecule has 1 amide bonds. The van der Waals surface area contributed by atoms with E-state index in [1.807, 2.05) is 23.1 Å². The third-order valence-corrected chi connectivity index (χ3v) is 6.74. The molecule has 1 fully saturated rings. The Balaban J connectivity index is 1.73. The molecule has 150 valence electrons. The molecule has 3 rings (SSSR count). The number of likely N-dealkylation sites (tertiary alicyclic amines) is 1. The van der Waals surface area contributed by atoms with Crippen LogP contribution in [0, 0.1) is 0 Å². The summed E-state index contributed by atoms with van der Waals surface area (Å²) < 4.78 is 33.1. The van der Waals surface area contributed by atoms with Gasteiger partial charge in [0.15, 0.2) is 6.10 Å². The Morgan fingerprint density at radius 2 is 1.68 bits per heavy atom. The Hall–Kier alpha value is -2.54. The number of hydrogen-bond acceptors (Lipinski definition) is 4. The molecule has 6 nitrogen and oxygen atoms in total. The fourth-order valence-corrected chi connectivity index (χ4v) is 4.83. The first kappa shape index (κ1) is 20.2. The smallest absolute Gasteiger partial charge is 0.264 e. The van der Waals surface area contributed by atoms with Gasteiger partial charge in [0, 0.05) is 19.6 Å². The molecule has 28 heavy (non-hydrogen) atoms. The Kier molecular flexibility index (Phi) is 6.24. The van der Waals surface area contributed by atoms with Crippen molar-refractivity contribution in [1.29, 1.82) is 0 Å². The van der Waals surface area contributed by atoms with Gasteiger partial charge in [-0.25, -0.2) is 8.42 Å². The summed E-state index contributed by atoms with van der Waals surface area (Å²) in [5.74, 6) is 0.442. The normalized spacial score (nSPS) is 15.3. The zero-order valence-corrected chi connectivity index (χ0v) is 17.1. The number of amides is 1. The van der Waals surface area contributed by atoms with Crippen LogP contribution < -0.4 is 9.04 Å². The molecule has 7 heteroatoms. The number of rotatable bonds is 7. The SMILES string of the molecule is CCN(c1ccccc1)S(=O)(=O)c1ccc(O[C@@H](C)C(=O)N2CCCC2)cc1. The molecule has 0 saturated carbocycles. The van der Waals surface area contributed by atoms with Crippen LogP contribution in [0.3, 0.4) is 0 Å². The van der Waals surface area contributed by atoms with E-state index < -0.39 is 16.1 Å². The highest BCUT2D eigenvalue weighted by Crippen LogP contribution is 2.25. The van der Waals surface area contributed by atoms with Crippen LogP contribution >= 0.6 is 0 Å². The van der Waals surface area contributed by atoms with Gasteiger partial charge < -0.3 is 9.64 Å². The number of hydrogen-bond donors (Lipinski definition) is 0. The maximum absolute atomic E-state index is 13.0. The Bertz CT molecular complexity index is 892. The minimum Gasteiger partial charge on any atom is -0.481 e. The van der Waals surface area contributed by atoms with Gasteiger partial charge >= 0.3 is 0 Å². The van der Waals surface area contributed by atoms with E-state index in [4.69, 9.17) is 4.74 Å². The largest absolute Gasteiger partial charge is 0.481 e. The quantitative estimate of drug-likeness (QED) is 0.713. The van der Waals surface area contributed by atoms with E-state index in [0.29, 0.717) is 18.0 Å². The number of benzene rings is 2. The molecule has 1 saturated heterocycles. The predicted molar refractivity (Wildman–Crippen MR) is 109 cm³/mol. The lowest BCUT2D eigenvalue weighted by atomic mass is 10.3. The first-order valence-electron chi connectivity index (χ1n) is 9.57. The predicted octanol–water partition coefficient (Wildman–Crippen LogP) is 3.29. The molecule has 1 aliphatic heterocycles. The molecular weight excluding hydrogens is 376 g/mol. The van der Waals surface area contributed by atoms with E-state index in [2.05, 4.69) is 0 Å². The molecule has 2 aromatic carbocycles. The van der Waals surface area contributed by atoms with Crippen LogP contribution in [-0.2, 0) is 14.8 Å². The van der Waals surface area contributed by atoms with Crippen molar-refractivity contribution >= 4 is 21.6 Å². The zero-order valence-electron chi connectivity index (χ0n) is 16.2. The summed E-state index contributed by atoms with van der Waals surface area (Å²) in [6.45, 7) is 5.39. The zero-order chi connectivity index (χ0) is 20.1. The number of nitrogens with zero attached hydrogens (tertiary/aromatic N) is 2. The van der Waals surface area contributed by atoms with Crippen molar-refractivity contribution in [2.24, 2.45) is 0 Å². The molecule has 0 spiro atoms. The molecule has 1 atom stereocenters. The van der Waals surface area contributed by atoms with Crippen molar-refractivity contribution < 1.29 is 17.9 Å². The Morgan fingerprint density at radius 3 is 2.25 bits per heavy atom. The van der Waals surface area contributed by atoms with Crippen LogP contribution in [0.4, 0.5) is 5.69 Å². The second-order valence-corrected chi connectivity index (χ2v) is 8.63. The van der Waals surface area contributed by atoms with Crippen LogP contribution in [0.2, 0.25) is 0 Å². The average molecular weight is 403 g/mol. The van der Waals surface area contributed by atoms with Crippen molar-refractivity contribution in [2.75, 3.05) is 23.9 Å². The van der Waals surface area contributed by atoms with E-state index in [9.17, 15) is 13.2 Å². The van der Waals surface area contributed by atoms with E-state index >= 15 is 0 Å². The van der Waals surface area contributed by atoms with E-state index in [-0.39, 0.29) is 10.8 Å². The van der Waals surface area contributed by atoms with Gasteiger partial charge in [0.1, 0.15) is 5.75 Å². The molecule has 0 radical (unpaired) electrons. The van der Waals surface area contributed by atoms with Gasteiger partial charge in [0.2, 0.25) is 0 Å². The minimum absolute atomic E-state index is 0.0320. The number of para-hydroxylation sites is 1. The molecule has 1 heterocycles. The van der Waals surface area contributed by atoms with Crippen molar-refractivity contribution in [3.8, 4) is 5.75 Å². The summed E-state index contributed by atoms with van der Waals surface area (Å²) in [5.41, 5.74) is 0.621. The second kappa shape index (κ2) is 8.65. The van der Waals surface area contributed by atoms with E-state index in [1.54, 1.807) is 38.1 Å². The van der Waals surface area contributed by atoms with Gasteiger partial charge in [0.05, 0.1) is 10.6 Å². The number of carbonyl (C=O) groups excluding carboxylic acids is 1. The molecule has 0 aliphatic carbocycles. The third kappa shape index (κ3) is 4.30. The number of ether oxygens (including phenoxy) is 1. The lowest BCUT2D eigenvalue weighted by Crippen LogP contribution is -2.38. The Labute approximate surface area is 166 Å². The highest BCUT2D eigenvalue weighted by Gasteiger charge is 2.26. The highest BCUT2D eigenvalue weighted by atomic mass is 32.2. The van der Waals surface area contributed by atoms with Crippen molar-refractivity contribution in [3.63, 3.8) is 0 Å². The van der Waals surface area contributed by atoms with E-state index in [0.717, 1.165) is 25.9 Å². The molecule has 0 N–H and O–H groups in total.